The molecule has 7 heteroatoms. The number of benzene rings is 1. The fourth-order valence-corrected chi connectivity index (χ4v) is 4.11. The molecule has 2 heterocycles. The van der Waals surface area contributed by atoms with Crippen LogP contribution in [0.4, 0.5) is 5.69 Å². The third kappa shape index (κ3) is 3.78. The summed E-state index contributed by atoms with van der Waals surface area (Å²) < 4.78 is 7.10. The van der Waals surface area contributed by atoms with Crippen LogP contribution in [0.5, 0.6) is 0 Å². The molecule has 0 bridgehead atoms. The number of aryl methyl sites for hydroxylation is 1. The molecule has 1 N–H and O–H groups in total. The summed E-state index contributed by atoms with van der Waals surface area (Å²) in [5.74, 6) is 0.897. The van der Waals surface area contributed by atoms with Gasteiger partial charge in [-0.05, 0) is 24.6 Å². The SMILES string of the molecule is Cc1nnc(SC[C@H]2CN[C@@H](c3ccc(N(C)C)cc3)O2)s1. The summed E-state index contributed by atoms with van der Waals surface area (Å²) in [5, 5.41) is 12.6. The lowest BCUT2D eigenvalue weighted by molar-refractivity contribution is 0.0535. The Morgan fingerprint density at radius 2 is 2.09 bits per heavy atom. The number of hydrogen-bond acceptors (Lipinski definition) is 7. The molecule has 3 rings (SSSR count). The maximum absolute atomic E-state index is 6.09. The average Bonchev–Trinajstić information content (AvgIpc) is 3.14. The zero-order chi connectivity index (χ0) is 15.5. The van der Waals surface area contributed by atoms with Gasteiger partial charge >= 0.3 is 0 Å². The van der Waals surface area contributed by atoms with E-state index in [1.807, 2.05) is 21.0 Å². The van der Waals surface area contributed by atoms with Gasteiger partial charge in [-0.25, -0.2) is 0 Å². The standard InChI is InChI=1S/C15H20N4OS2/c1-10-17-18-15(22-10)21-9-13-8-16-14(20-13)11-4-6-12(7-5-11)19(2)3/h4-7,13-14,16H,8-9H2,1-3H3/t13-,14-/m1/s1. The van der Waals surface area contributed by atoms with Crippen LogP contribution in [0, 0.1) is 6.92 Å². The molecule has 0 spiro atoms. The molecule has 0 saturated carbocycles. The molecule has 1 aromatic carbocycles. The molecule has 22 heavy (non-hydrogen) atoms. The summed E-state index contributed by atoms with van der Waals surface area (Å²) in [7, 11) is 4.09. The molecule has 2 aromatic rings. The topological polar surface area (TPSA) is 50.3 Å². The normalized spacial score (nSPS) is 21.2. The van der Waals surface area contributed by atoms with E-state index < -0.39 is 0 Å². The number of nitrogens with one attached hydrogen (secondary N) is 1. The molecular weight excluding hydrogens is 316 g/mol. The molecule has 2 atom stereocenters. The zero-order valence-electron chi connectivity index (χ0n) is 12.9. The molecule has 1 aromatic heterocycles. The highest BCUT2D eigenvalue weighted by molar-refractivity contribution is 8.01. The Kier molecular flexibility index (Phi) is 4.97. The van der Waals surface area contributed by atoms with Crippen molar-refractivity contribution < 1.29 is 4.74 Å². The largest absolute Gasteiger partial charge is 0.378 e. The summed E-state index contributed by atoms with van der Waals surface area (Å²) in [6.45, 7) is 2.84. The Morgan fingerprint density at radius 1 is 1.32 bits per heavy atom. The lowest BCUT2D eigenvalue weighted by Gasteiger charge is -2.16. The lowest BCUT2D eigenvalue weighted by Crippen LogP contribution is -2.16. The van der Waals surface area contributed by atoms with Crippen molar-refractivity contribution in [3.05, 3.63) is 34.8 Å². The van der Waals surface area contributed by atoms with Gasteiger partial charge in [0.25, 0.3) is 0 Å². The van der Waals surface area contributed by atoms with Gasteiger partial charge in [0.2, 0.25) is 0 Å². The van der Waals surface area contributed by atoms with Crippen LogP contribution < -0.4 is 10.2 Å². The van der Waals surface area contributed by atoms with Crippen LogP contribution in [0.3, 0.4) is 0 Å². The van der Waals surface area contributed by atoms with Crippen LogP contribution >= 0.6 is 23.1 Å². The van der Waals surface area contributed by atoms with Crippen molar-refractivity contribution in [1.29, 1.82) is 0 Å². The van der Waals surface area contributed by atoms with Crippen LogP contribution in [0.2, 0.25) is 0 Å². The van der Waals surface area contributed by atoms with E-state index >= 15 is 0 Å². The molecular formula is C15H20N4OS2. The van der Waals surface area contributed by atoms with Crippen molar-refractivity contribution in [2.75, 3.05) is 31.3 Å². The van der Waals surface area contributed by atoms with Crippen LogP contribution in [0.15, 0.2) is 28.6 Å². The van der Waals surface area contributed by atoms with Crippen LogP contribution in [0.25, 0.3) is 0 Å². The molecule has 0 aliphatic carbocycles. The highest BCUT2D eigenvalue weighted by Gasteiger charge is 2.26. The monoisotopic (exact) mass is 336 g/mol. The van der Waals surface area contributed by atoms with Gasteiger partial charge < -0.3 is 9.64 Å². The first-order valence-corrected chi connectivity index (χ1v) is 9.01. The first kappa shape index (κ1) is 15.7. The first-order valence-electron chi connectivity index (χ1n) is 7.21. The second kappa shape index (κ2) is 6.95. The molecule has 5 nitrogen and oxygen atoms in total. The molecule has 0 radical (unpaired) electrons. The van der Waals surface area contributed by atoms with E-state index in [1.165, 1.54) is 11.3 Å². The molecule has 0 amide bonds. The minimum atomic E-state index is -0.0158. The minimum Gasteiger partial charge on any atom is -0.378 e. The Bertz CT molecular complexity index is 614. The Balaban J connectivity index is 1.53. The van der Waals surface area contributed by atoms with Crippen molar-refractivity contribution >= 4 is 28.8 Å². The van der Waals surface area contributed by atoms with Gasteiger partial charge in [0.05, 0.1) is 6.10 Å². The van der Waals surface area contributed by atoms with Crippen LogP contribution in [-0.2, 0) is 4.74 Å². The van der Waals surface area contributed by atoms with E-state index in [0.29, 0.717) is 0 Å². The fourth-order valence-electron chi connectivity index (χ4n) is 2.27. The van der Waals surface area contributed by atoms with E-state index in [1.54, 1.807) is 23.1 Å². The molecule has 118 valence electrons. The van der Waals surface area contributed by atoms with Crippen molar-refractivity contribution in [3.8, 4) is 0 Å². The van der Waals surface area contributed by atoms with Crippen molar-refractivity contribution in [1.82, 2.24) is 15.5 Å². The van der Waals surface area contributed by atoms with Gasteiger partial charge in [-0.15, -0.1) is 10.2 Å². The number of aromatic nitrogens is 2. The zero-order valence-corrected chi connectivity index (χ0v) is 14.6. The summed E-state index contributed by atoms with van der Waals surface area (Å²) in [6, 6.07) is 8.48. The number of ether oxygens (including phenoxy) is 1. The van der Waals surface area contributed by atoms with Gasteiger partial charge in [0.1, 0.15) is 11.2 Å². The van der Waals surface area contributed by atoms with Crippen molar-refractivity contribution in [3.63, 3.8) is 0 Å². The number of hydrogen-bond donors (Lipinski definition) is 1. The molecule has 1 saturated heterocycles. The van der Waals surface area contributed by atoms with E-state index in [9.17, 15) is 0 Å². The maximum atomic E-state index is 6.09. The number of nitrogens with zero attached hydrogens (tertiary/aromatic N) is 3. The highest BCUT2D eigenvalue weighted by Crippen LogP contribution is 2.28. The smallest absolute Gasteiger partial charge is 0.174 e. The number of anilines is 1. The number of rotatable bonds is 5. The third-order valence-electron chi connectivity index (χ3n) is 3.47. The molecule has 1 aliphatic heterocycles. The predicted octanol–water partition coefficient (Wildman–Crippen LogP) is 2.69. The van der Waals surface area contributed by atoms with Gasteiger partial charge in [-0.2, -0.15) is 0 Å². The van der Waals surface area contributed by atoms with Gasteiger partial charge in [0.15, 0.2) is 4.34 Å². The lowest BCUT2D eigenvalue weighted by atomic mass is 10.2. The van der Waals surface area contributed by atoms with E-state index in [0.717, 1.165) is 21.6 Å². The molecule has 1 aliphatic rings. The Labute approximate surface area is 139 Å². The van der Waals surface area contributed by atoms with Gasteiger partial charge in [0, 0.05) is 32.1 Å². The highest BCUT2D eigenvalue weighted by atomic mass is 32.2. The summed E-state index contributed by atoms with van der Waals surface area (Å²) in [6.07, 6.45) is 0.186. The maximum Gasteiger partial charge on any atom is 0.174 e. The minimum absolute atomic E-state index is 0.0158. The molecule has 0 unspecified atom stereocenters. The second-order valence-electron chi connectivity index (χ2n) is 5.43. The first-order chi connectivity index (χ1) is 10.6. The Hall–Kier alpha value is -1.15. The Morgan fingerprint density at radius 3 is 2.73 bits per heavy atom. The summed E-state index contributed by atoms with van der Waals surface area (Å²) in [5.41, 5.74) is 2.37. The van der Waals surface area contributed by atoms with E-state index in [2.05, 4.69) is 44.7 Å². The van der Waals surface area contributed by atoms with Crippen molar-refractivity contribution in [2.24, 2.45) is 0 Å². The number of thioether (sulfide) groups is 1. The van der Waals surface area contributed by atoms with E-state index in [4.69, 9.17) is 4.74 Å². The fraction of sp³-hybridized carbons (Fsp3) is 0.467. The summed E-state index contributed by atoms with van der Waals surface area (Å²) in [4.78, 5) is 2.09. The molecule has 1 fully saturated rings. The van der Waals surface area contributed by atoms with Crippen LogP contribution in [-0.4, -0.2) is 42.7 Å². The van der Waals surface area contributed by atoms with Gasteiger partial charge in [-0.1, -0.05) is 35.2 Å². The summed E-state index contributed by atoms with van der Waals surface area (Å²) >= 11 is 3.35. The van der Waals surface area contributed by atoms with Gasteiger partial charge in [-0.3, -0.25) is 5.32 Å². The van der Waals surface area contributed by atoms with E-state index in [-0.39, 0.29) is 12.3 Å². The average molecular weight is 336 g/mol. The van der Waals surface area contributed by atoms with Crippen molar-refractivity contribution in [2.45, 2.75) is 23.6 Å². The third-order valence-corrected chi connectivity index (χ3v) is 5.58. The van der Waals surface area contributed by atoms with Crippen LogP contribution in [0.1, 0.15) is 16.8 Å². The second-order valence-corrected chi connectivity index (χ2v) is 7.88. The quantitative estimate of drug-likeness (QED) is 0.847. The predicted molar refractivity (Wildman–Crippen MR) is 91.8 cm³/mol.